The Morgan fingerprint density at radius 1 is 1.16 bits per heavy atom. The van der Waals surface area contributed by atoms with Crippen LogP contribution < -0.4 is 10.9 Å². The Labute approximate surface area is 246 Å². The van der Waals surface area contributed by atoms with Crippen LogP contribution >= 0.6 is 0 Å². The first kappa shape index (κ1) is 28.5. The van der Waals surface area contributed by atoms with Crippen LogP contribution in [-0.2, 0) is 14.3 Å². The van der Waals surface area contributed by atoms with Crippen molar-refractivity contribution in [1.82, 2.24) is 24.4 Å². The molecule has 1 aliphatic carbocycles. The zero-order chi connectivity index (χ0) is 30.1. The van der Waals surface area contributed by atoms with Crippen molar-refractivity contribution in [3.05, 3.63) is 76.3 Å². The highest BCUT2D eigenvalue weighted by atomic mass is 16.6. The predicted molar refractivity (Wildman–Crippen MR) is 155 cm³/mol. The van der Waals surface area contributed by atoms with E-state index in [1.807, 2.05) is 24.3 Å². The first-order chi connectivity index (χ1) is 20.8. The van der Waals surface area contributed by atoms with Crippen molar-refractivity contribution in [3.8, 4) is 11.1 Å². The average Bonchev–Trinajstić information content (AvgIpc) is 3.69. The number of rotatable bonds is 9. The number of imidazole rings is 1. The maximum absolute atomic E-state index is 12.7. The van der Waals surface area contributed by atoms with Crippen molar-refractivity contribution >= 4 is 29.1 Å². The first-order valence-corrected chi connectivity index (χ1v) is 14.1. The normalized spacial score (nSPS) is 19.3. The van der Waals surface area contributed by atoms with Crippen molar-refractivity contribution in [2.75, 3.05) is 32.1 Å². The van der Waals surface area contributed by atoms with Crippen LogP contribution in [-0.4, -0.2) is 85.6 Å². The van der Waals surface area contributed by atoms with Gasteiger partial charge in [0.2, 0.25) is 11.9 Å². The van der Waals surface area contributed by atoms with Gasteiger partial charge in [-0.15, -0.1) is 0 Å². The lowest BCUT2D eigenvalue weighted by molar-refractivity contribution is -0.116. The molecule has 6 rings (SSSR count). The largest absolute Gasteiger partial charge is 0.448 e. The van der Waals surface area contributed by atoms with Crippen LogP contribution in [0.2, 0.25) is 0 Å². The number of aliphatic hydroxyl groups is 2. The summed E-state index contributed by atoms with van der Waals surface area (Å²) in [5.74, 6) is -0.506. The Balaban J connectivity index is 1.01. The summed E-state index contributed by atoms with van der Waals surface area (Å²) in [6, 6.07) is 16.2. The number of hydrogen-bond acceptors (Lipinski definition) is 9. The molecule has 4 aromatic rings. The number of fused-ring (bicyclic) bond motifs is 4. The summed E-state index contributed by atoms with van der Waals surface area (Å²) in [5.41, 5.74) is 4.24. The second-order valence-electron chi connectivity index (χ2n) is 10.7. The number of H-pyrrole nitrogens is 1. The van der Waals surface area contributed by atoms with Gasteiger partial charge < -0.3 is 24.6 Å². The summed E-state index contributed by atoms with van der Waals surface area (Å²) >= 11 is 0. The Kier molecular flexibility index (Phi) is 7.93. The predicted octanol–water partition coefficient (Wildman–Crippen LogP) is 2.36. The molecule has 1 aliphatic heterocycles. The molecule has 0 radical (unpaired) electrons. The molecule has 3 atom stereocenters. The SMILES string of the molecule is CN(CCCC(=O)Nc1nc2c(ncn2[C@H]2C[C@@H](O)[C@@H](CO)O2)c(=O)[nH]1)C(=O)OCC1c2ccccc2-c2ccccc21. The summed E-state index contributed by atoms with van der Waals surface area (Å²) < 4.78 is 12.8. The molecule has 224 valence electrons. The number of ether oxygens (including phenoxy) is 2. The summed E-state index contributed by atoms with van der Waals surface area (Å²) in [4.78, 5) is 50.3. The van der Waals surface area contributed by atoms with E-state index in [2.05, 4.69) is 44.5 Å². The lowest BCUT2D eigenvalue weighted by Crippen LogP contribution is -2.30. The highest BCUT2D eigenvalue weighted by Gasteiger charge is 2.35. The molecular formula is C30H32N6O7. The van der Waals surface area contributed by atoms with Crippen molar-refractivity contribution in [2.24, 2.45) is 0 Å². The second-order valence-corrected chi connectivity index (χ2v) is 10.7. The molecule has 1 saturated heterocycles. The molecule has 43 heavy (non-hydrogen) atoms. The first-order valence-electron chi connectivity index (χ1n) is 14.1. The standard InChI is InChI=1S/C30H32N6O7/c1-35(30(41)42-15-21-19-9-4-2-7-17(19)18-8-3-5-10-20(18)21)12-6-11-24(39)32-29-33-27-26(28(40)34-29)31-16-36(27)25-13-22(38)23(14-37)43-25/h2-5,7-10,16,21-23,25,37-38H,6,11-15H2,1H3,(H2,32,33,34,39,40)/t22-,23-,25-/m1/s1. The molecule has 4 N–H and O–H groups in total. The lowest BCUT2D eigenvalue weighted by atomic mass is 9.98. The van der Waals surface area contributed by atoms with E-state index >= 15 is 0 Å². The fourth-order valence-electron chi connectivity index (χ4n) is 5.71. The average molecular weight is 589 g/mol. The van der Waals surface area contributed by atoms with E-state index in [9.17, 15) is 24.6 Å². The van der Waals surface area contributed by atoms with E-state index in [0.29, 0.717) is 6.42 Å². The smallest absolute Gasteiger partial charge is 0.409 e. The van der Waals surface area contributed by atoms with Crippen molar-refractivity contribution < 1.29 is 29.3 Å². The number of anilines is 1. The van der Waals surface area contributed by atoms with Gasteiger partial charge in [0.1, 0.15) is 18.9 Å². The summed E-state index contributed by atoms with van der Waals surface area (Å²) in [6.07, 6.45) is -0.807. The third kappa shape index (κ3) is 5.61. The molecule has 0 spiro atoms. The van der Waals surface area contributed by atoms with E-state index < -0.39 is 36.0 Å². The molecule has 3 heterocycles. The minimum Gasteiger partial charge on any atom is -0.448 e. The molecule has 2 aromatic carbocycles. The molecular weight excluding hydrogens is 556 g/mol. The minimum atomic E-state index is -0.875. The molecule has 0 bridgehead atoms. The van der Waals surface area contributed by atoms with Gasteiger partial charge in [0.25, 0.3) is 5.56 Å². The molecule has 13 nitrogen and oxygen atoms in total. The highest BCUT2D eigenvalue weighted by molar-refractivity contribution is 5.89. The van der Waals surface area contributed by atoms with E-state index in [1.165, 1.54) is 15.8 Å². The van der Waals surface area contributed by atoms with Gasteiger partial charge in [-0.25, -0.2) is 9.78 Å². The second kappa shape index (κ2) is 12.0. The van der Waals surface area contributed by atoms with Gasteiger partial charge in [-0.2, -0.15) is 4.98 Å². The Bertz CT molecular complexity index is 1670. The molecule has 0 saturated carbocycles. The van der Waals surface area contributed by atoms with Crippen LogP contribution in [0.4, 0.5) is 10.7 Å². The maximum Gasteiger partial charge on any atom is 0.409 e. The summed E-state index contributed by atoms with van der Waals surface area (Å²) in [5, 5.41) is 22.0. The molecule has 1 fully saturated rings. The number of aromatic nitrogens is 4. The number of amides is 2. The zero-order valence-electron chi connectivity index (χ0n) is 23.5. The van der Waals surface area contributed by atoms with Gasteiger partial charge in [0.15, 0.2) is 11.2 Å². The van der Waals surface area contributed by atoms with Crippen LogP contribution in [0.5, 0.6) is 0 Å². The van der Waals surface area contributed by atoms with Crippen molar-refractivity contribution in [1.29, 1.82) is 0 Å². The number of aromatic amines is 1. The van der Waals surface area contributed by atoms with Crippen LogP contribution in [0.3, 0.4) is 0 Å². The number of nitrogens with one attached hydrogen (secondary N) is 2. The highest BCUT2D eigenvalue weighted by Crippen LogP contribution is 2.44. The van der Waals surface area contributed by atoms with Gasteiger partial charge in [-0.3, -0.25) is 24.5 Å². The molecule has 2 amide bonds. The number of nitrogens with zero attached hydrogens (tertiary/aromatic N) is 4. The molecule has 2 aromatic heterocycles. The maximum atomic E-state index is 12.7. The lowest BCUT2D eigenvalue weighted by Gasteiger charge is -2.19. The number of aliphatic hydroxyl groups excluding tert-OH is 2. The van der Waals surface area contributed by atoms with Crippen LogP contribution in [0.1, 0.15) is 42.5 Å². The Morgan fingerprint density at radius 3 is 2.53 bits per heavy atom. The van der Waals surface area contributed by atoms with Gasteiger partial charge >= 0.3 is 6.09 Å². The number of carbonyl (C=O) groups excluding carboxylic acids is 2. The van der Waals surface area contributed by atoms with Gasteiger partial charge in [0.05, 0.1) is 19.0 Å². The van der Waals surface area contributed by atoms with Crippen LogP contribution in [0.25, 0.3) is 22.3 Å². The van der Waals surface area contributed by atoms with Crippen molar-refractivity contribution in [2.45, 2.75) is 43.6 Å². The van der Waals surface area contributed by atoms with Crippen LogP contribution in [0, 0.1) is 0 Å². The third-order valence-corrected chi connectivity index (χ3v) is 7.93. The Morgan fingerprint density at radius 2 is 1.86 bits per heavy atom. The number of carbonyl (C=O) groups is 2. The zero-order valence-corrected chi connectivity index (χ0v) is 23.5. The van der Waals surface area contributed by atoms with Crippen molar-refractivity contribution in [3.63, 3.8) is 0 Å². The van der Waals surface area contributed by atoms with Gasteiger partial charge in [-0.1, -0.05) is 48.5 Å². The summed E-state index contributed by atoms with van der Waals surface area (Å²) in [7, 11) is 1.62. The van der Waals surface area contributed by atoms with E-state index in [-0.39, 0.29) is 55.6 Å². The molecule has 0 unspecified atom stereocenters. The quantitative estimate of drug-likeness (QED) is 0.229. The fourth-order valence-corrected chi connectivity index (χ4v) is 5.71. The third-order valence-electron chi connectivity index (χ3n) is 7.93. The topological polar surface area (TPSA) is 172 Å². The monoisotopic (exact) mass is 588 g/mol. The van der Waals surface area contributed by atoms with Crippen LogP contribution in [0.15, 0.2) is 59.7 Å². The molecule has 2 aliphatic rings. The fraction of sp³-hybridized carbons (Fsp3) is 0.367. The van der Waals surface area contributed by atoms with E-state index in [0.717, 1.165) is 22.3 Å². The number of benzene rings is 2. The van der Waals surface area contributed by atoms with Gasteiger partial charge in [-0.05, 0) is 28.7 Å². The minimum absolute atomic E-state index is 0.0415. The summed E-state index contributed by atoms with van der Waals surface area (Å²) in [6.45, 7) is 0.143. The molecule has 13 heteroatoms. The van der Waals surface area contributed by atoms with E-state index in [1.54, 1.807) is 7.05 Å². The Hall–Kier alpha value is -4.59. The number of hydrogen-bond donors (Lipinski definition) is 4. The van der Waals surface area contributed by atoms with Gasteiger partial charge in [0, 0.05) is 32.4 Å². The van der Waals surface area contributed by atoms with E-state index in [4.69, 9.17) is 9.47 Å².